The average Bonchev–Trinajstić information content (AvgIpc) is 2.09. The van der Waals surface area contributed by atoms with Gasteiger partial charge in [0, 0.05) is 6.07 Å². The van der Waals surface area contributed by atoms with E-state index >= 15 is 0 Å². The van der Waals surface area contributed by atoms with Crippen molar-refractivity contribution in [1.82, 2.24) is 0 Å². The van der Waals surface area contributed by atoms with Gasteiger partial charge >= 0.3 is 0 Å². The van der Waals surface area contributed by atoms with Gasteiger partial charge in [0.1, 0.15) is 17.4 Å². The zero-order valence-electron chi connectivity index (χ0n) is 7.56. The minimum Gasteiger partial charge on any atom is -0.299 e. The highest BCUT2D eigenvalue weighted by molar-refractivity contribution is 9.10. The highest BCUT2D eigenvalue weighted by Crippen LogP contribution is 2.15. The summed E-state index contributed by atoms with van der Waals surface area (Å²) in [6.45, 7) is 1.42. The molecular formula is C10H9BrF2O. The first-order chi connectivity index (χ1) is 6.50. The molecule has 0 amide bonds. The maximum absolute atomic E-state index is 13.1. The average molecular weight is 263 g/mol. The standard InChI is InChI=1S/C10H9BrF2O/c1-6(14)9(11)4-7-2-3-8(12)5-10(7)13/h2-3,5,9H,4H2,1H3/t9-/m1/s1. The Morgan fingerprint density at radius 2 is 2.14 bits per heavy atom. The van der Waals surface area contributed by atoms with Crippen molar-refractivity contribution in [3.8, 4) is 0 Å². The first kappa shape index (κ1) is 11.3. The SMILES string of the molecule is CC(=O)[C@H](Br)Cc1ccc(F)cc1F. The summed E-state index contributed by atoms with van der Waals surface area (Å²) < 4.78 is 25.6. The van der Waals surface area contributed by atoms with Gasteiger partial charge in [-0.1, -0.05) is 22.0 Å². The van der Waals surface area contributed by atoms with Gasteiger partial charge < -0.3 is 0 Å². The van der Waals surface area contributed by atoms with Crippen LogP contribution in [0.3, 0.4) is 0 Å². The predicted molar refractivity (Wildman–Crippen MR) is 53.5 cm³/mol. The maximum atomic E-state index is 13.1. The number of alkyl halides is 1. The van der Waals surface area contributed by atoms with Gasteiger partial charge in [-0.05, 0) is 25.0 Å². The number of carbonyl (C=O) groups is 1. The third-order valence-corrected chi connectivity index (χ3v) is 2.82. The van der Waals surface area contributed by atoms with Crippen molar-refractivity contribution in [1.29, 1.82) is 0 Å². The molecule has 1 nitrogen and oxygen atoms in total. The molecule has 1 aromatic carbocycles. The van der Waals surface area contributed by atoms with Crippen molar-refractivity contribution in [2.24, 2.45) is 0 Å². The quantitative estimate of drug-likeness (QED) is 0.766. The van der Waals surface area contributed by atoms with Gasteiger partial charge in [0.05, 0.1) is 4.83 Å². The molecule has 0 saturated carbocycles. The van der Waals surface area contributed by atoms with E-state index in [1.807, 2.05) is 0 Å². The Bertz CT molecular complexity index is 352. The molecule has 0 aromatic heterocycles. The van der Waals surface area contributed by atoms with Crippen LogP contribution < -0.4 is 0 Å². The number of carbonyl (C=O) groups excluding carboxylic acids is 1. The Kier molecular flexibility index (Phi) is 3.75. The second kappa shape index (κ2) is 4.64. The van der Waals surface area contributed by atoms with Crippen LogP contribution in [0.25, 0.3) is 0 Å². The molecule has 14 heavy (non-hydrogen) atoms. The first-order valence-electron chi connectivity index (χ1n) is 4.09. The molecule has 76 valence electrons. The van der Waals surface area contributed by atoms with Gasteiger partial charge in [-0.15, -0.1) is 0 Å². The molecule has 0 unspecified atom stereocenters. The van der Waals surface area contributed by atoms with Crippen LogP contribution in [0.5, 0.6) is 0 Å². The predicted octanol–water partition coefficient (Wildman–Crippen LogP) is 2.86. The molecule has 0 saturated heterocycles. The van der Waals surface area contributed by atoms with Crippen molar-refractivity contribution in [3.63, 3.8) is 0 Å². The second-order valence-electron chi connectivity index (χ2n) is 3.02. The summed E-state index contributed by atoms with van der Waals surface area (Å²) in [5.74, 6) is -1.30. The van der Waals surface area contributed by atoms with Crippen molar-refractivity contribution in [2.45, 2.75) is 18.2 Å². The Balaban J connectivity index is 2.82. The number of rotatable bonds is 3. The normalized spacial score (nSPS) is 12.6. The smallest absolute Gasteiger partial charge is 0.143 e. The molecule has 0 bridgehead atoms. The van der Waals surface area contributed by atoms with Gasteiger partial charge in [-0.2, -0.15) is 0 Å². The molecular weight excluding hydrogens is 254 g/mol. The minimum atomic E-state index is -0.615. The summed E-state index contributed by atoms with van der Waals surface area (Å²) >= 11 is 3.12. The fourth-order valence-electron chi connectivity index (χ4n) is 1.02. The van der Waals surface area contributed by atoms with E-state index < -0.39 is 16.5 Å². The van der Waals surface area contributed by atoms with Crippen molar-refractivity contribution in [2.75, 3.05) is 0 Å². The molecule has 1 rings (SSSR count). The number of ketones is 1. The van der Waals surface area contributed by atoms with Gasteiger partial charge in [0.15, 0.2) is 0 Å². The fraction of sp³-hybridized carbons (Fsp3) is 0.300. The largest absolute Gasteiger partial charge is 0.299 e. The van der Waals surface area contributed by atoms with Gasteiger partial charge in [0.25, 0.3) is 0 Å². The zero-order valence-corrected chi connectivity index (χ0v) is 9.14. The van der Waals surface area contributed by atoms with Crippen molar-refractivity contribution >= 4 is 21.7 Å². The molecule has 0 N–H and O–H groups in total. The van der Waals surface area contributed by atoms with E-state index in [1.165, 1.54) is 19.1 Å². The molecule has 4 heteroatoms. The molecule has 0 aliphatic carbocycles. The van der Waals surface area contributed by atoms with Crippen LogP contribution in [0.2, 0.25) is 0 Å². The van der Waals surface area contributed by atoms with Gasteiger partial charge in [-0.25, -0.2) is 8.78 Å². The topological polar surface area (TPSA) is 17.1 Å². The number of halogens is 3. The molecule has 0 aliphatic heterocycles. The van der Waals surface area contributed by atoms with Gasteiger partial charge in [0.2, 0.25) is 0 Å². The van der Waals surface area contributed by atoms with Crippen LogP contribution in [0.1, 0.15) is 12.5 Å². The van der Waals surface area contributed by atoms with E-state index in [9.17, 15) is 13.6 Å². The van der Waals surface area contributed by atoms with E-state index in [2.05, 4.69) is 15.9 Å². The fourth-order valence-corrected chi connectivity index (χ4v) is 1.37. The van der Waals surface area contributed by atoms with E-state index in [-0.39, 0.29) is 12.2 Å². The Morgan fingerprint density at radius 3 is 2.64 bits per heavy atom. The van der Waals surface area contributed by atoms with Crippen LogP contribution in [-0.2, 0) is 11.2 Å². The number of benzene rings is 1. The Morgan fingerprint density at radius 1 is 1.50 bits per heavy atom. The van der Waals surface area contributed by atoms with Crippen LogP contribution in [0, 0.1) is 11.6 Å². The van der Waals surface area contributed by atoms with E-state index in [0.29, 0.717) is 5.56 Å². The van der Waals surface area contributed by atoms with Crippen LogP contribution in [0.15, 0.2) is 18.2 Å². The summed E-state index contributed by atoms with van der Waals surface area (Å²) in [6, 6.07) is 3.34. The highest BCUT2D eigenvalue weighted by atomic mass is 79.9. The molecule has 0 radical (unpaired) electrons. The summed E-state index contributed by atoms with van der Waals surface area (Å²) in [5, 5.41) is 0. The Hall–Kier alpha value is -0.770. The second-order valence-corrected chi connectivity index (χ2v) is 4.12. The molecule has 1 atom stereocenters. The van der Waals surface area contributed by atoms with E-state index in [4.69, 9.17) is 0 Å². The molecule has 0 aliphatic rings. The lowest BCUT2D eigenvalue weighted by Crippen LogP contribution is -2.13. The van der Waals surface area contributed by atoms with Crippen LogP contribution in [0.4, 0.5) is 8.78 Å². The lowest BCUT2D eigenvalue weighted by molar-refractivity contribution is -0.116. The third kappa shape index (κ3) is 2.87. The summed E-state index contributed by atoms with van der Waals surface area (Å²) in [5.41, 5.74) is 0.337. The van der Waals surface area contributed by atoms with E-state index in [0.717, 1.165) is 6.07 Å². The highest BCUT2D eigenvalue weighted by Gasteiger charge is 2.13. The molecule has 1 aromatic rings. The zero-order chi connectivity index (χ0) is 10.7. The summed E-state index contributed by atoms with van der Waals surface area (Å²) in [7, 11) is 0. The van der Waals surface area contributed by atoms with Crippen LogP contribution >= 0.6 is 15.9 Å². The minimum absolute atomic E-state index is 0.0753. The number of Topliss-reactive ketones (excluding diaryl/α,β-unsaturated/α-hetero) is 1. The molecule has 0 heterocycles. The first-order valence-corrected chi connectivity index (χ1v) is 5.00. The number of hydrogen-bond acceptors (Lipinski definition) is 1. The lowest BCUT2D eigenvalue weighted by atomic mass is 10.1. The third-order valence-electron chi connectivity index (χ3n) is 1.86. The molecule has 0 fully saturated rings. The maximum Gasteiger partial charge on any atom is 0.143 e. The monoisotopic (exact) mass is 262 g/mol. The summed E-state index contributed by atoms with van der Waals surface area (Å²) in [4.78, 5) is 10.5. The van der Waals surface area contributed by atoms with E-state index in [1.54, 1.807) is 0 Å². The Labute approximate surface area is 89.3 Å². The van der Waals surface area contributed by atoms with Crippen molar-refractivity contribution in [3.05, 3.63) is 35.4 Å². The van der Waals surface area contributed by atoms with Crippen molar-refractivity contribution < 1.29 is 13.6 Å². The van der Waals surface area contributed by atoms with Crippen LogP contribution in [-0.4, -0.2) is 10.6 Å². The summed E-state index contributed by atoms with van der Waals surface area (Å²) in [6.07, 6.45) is 0.238. The number of hydrogen-bond donors (Lipinski definition) is 0. The lowest BCUT2D eigenvalue weighted by Gasteiger charge is -2.06. The molecule has 0 spiro atoms. The van der Waals surface area contributed by atoms with Gasteiger partial charge in [-0.3, -0.25) is 4.79 Å².